The lowest BCUT2D eigenvalue weighted by Gasteiger charge is -2.18. The van der Waals surface area contributed by atoms with Crippen LogP contribution in [0.1, 0.15) is 59.9 Å². The van der Waals surface area contributed by atoms with Gasteiger partial charge in [0.25, 0.3) is 0 Å². The van der Waals surface area contributed by atoms with Gasteiger partial charge in [-0.05, 0) is 50.6 Å². The van der Waals surface area contributed by atoms with Crippen molar-refractivity contribution in [3.05, 3.63) is 65.2 Å². The van der Waals surface area contributed by atoms with Gasteiger partial charge in [0.15, 0.2) is 18.2 Å². The number of amides is 1. The highest BCUT2D eigenvalue weighted by molar-refractivity contribution is 6.02. The first-order chi connectivity index (χ1) is 15.5. The van der Waals surface area contributed by atoms with Crippen molar-refractivity contribution in [1.82, 2.24) is 5.43 Å². The summed E-state index contributed by atoms with van der Waals surface area (Å²) < 4.78 is 10.1. The molecule has 0 unspecified atom stereocenters. The predicted molar refractivity (Wildman–Crippen MR) is 121 cm³/mol. The number of Topliss-reactive ketones (excluding diaryl/α,β-unsaturated/α-hetero) is 2. The van der Waals surface area contributed by atoms with E-state index in [0.29, 0.717) is 22.4 Å². The average molecular weight is 454 g/mol. The third kappa shape index (κ3) is 9.34. The zero-order valence-electron chi connectivity index (χ0n) is 18.7. The Kier molecular flexibility index (Phi) is 8.85. The van der Waals surface area contributed by atoms with Crippen molar-refractivity contribution in [3.8, 4) is 5.75 Å². The van der Waals surface area contributed by atoms with Crippen LogP contribution in [-0.2, 0) is 9.53 Å². The summed E-state index contributed by atoms with van der Waals surface area (Å²) >= 11 is 0. The van der Waals surface area contributed by atoms with Crippen LogP contribution in [-0.4, -0.2) is 47.2 Å². The molecule has 2 rings (SSSR count). The molecule has 1 amide bonds. The van der Waals surface area contributed by atoms with Gasteiger partial charge >= 0.3 is 12.1 Å². The lowest BCUT2D eigenvalue weighted by molar-refractivity contribution is -0.139. The number of nitrogens with zero attached hydrogens (tertiary/aromatic N) is 1. The SMILES string of the molecule is CC(C)(C)OC(=O)NN=Cc1ccc(C(=O)CCC(=O)c2ccc(OCC(=O)O)cc2)cc1. The fourth-order valence-corrected chi connectivity index (χ4v) is 2.61. The number of carboxylic acids is 1. The van der Waals surface area contributed by atoms with Crippen molar-refractivity contribution in [1.29, 1.82) is 0 Å². The molecule has 9 heteroatoms. The summed E-state index contributed by atoms with van der Waals surface area (Å²) in [5.41, 5.74) is 3.17. The molecule has 0 saturated carbocycles. The summed E-state index contributed by atoms with van der Waals surface area (Å²) in [5, 5.41) is 12.4. The van der Waals surface area contributed by atoms with Crippen LogP contribution in [0.2, 0.25) is 0 Å². The number of benzene rings is 2. The molecule has 0 fully saturated rings. The molecule has 0 radical (unpaired) electrons. The van der Waals surface area contributed by atoms with Gasteiger partial charge < -0.3 is 14.6 Å². The number of hydrogen-bond donors (Lipinski definition) is 2. The maximum atomic E-state index is 12.4. The summed E-state index contributed by atoms with van der Waals surface area (Å²) in [6, 6.07) is 12.7. The van der Waals surface area contributed by atoms with Gasteiger partial charge in [-0.1, -0.05) is 24.3 Å². The van der Waals surface area contributed by atoms with Crippen molar-refractivity contribution >= 4 is 29.8 Å². The van der Waals surface area contributed by atoms with Gasteiger partial charge in [0.1, 0.15) is 11.4 Å². The number of nitrogens with one attached hydrogen (secondary N) is 1. The van der Waals surface area contributed by atoms with Gasteiger partial charge in [-0.25, -0.2) is 15.0 Å². The van der Waals surface area contributed by atoms with Crippen LogP contribution in [0.15, 0.2) is 53.6 Å². The second kappa shape index (κ2) is 11.6. The number of hydrazone groups is 1. The van der Waals surface area contributed by atoms with Gasteiger partial charge in [0.05, 0.1) is 6.21 Å². The molecule has 0 aliphatic heterocycles. The average Bonchev–Trinajstić information content (AvgIpc) is 2.75. The molecular formula is C24H26N2O7. The van der Waals surface area contributed by atoms with E-state index < -0.39 is 24.3 Å². The molecule has 0 heterocycles. The highest BCUT2D eigenvalue weighted by Gasteiger charge is 2.15. The van der Waals surface area contributed by atoms with Gasteiger partial charge in [0.2, 0.25) is 0 Å². The second-order valence-electron chi connectivity index (χ2n) is 8.05. The molecule has 0 bridgehead atoms. The number of rotatable bonds is 10. The van der Waals surface area contributed by atoms with Crippen LogP contribution >= 0.6 is 0 Å². The minimum absolute atomic E-state index is 0.0389. The quantitative estimate of drug-likeness (QED) is 0.317. The fraction of sp³-hybridized carbons (Fsp3) is 0.292. The van der Waals surface area contributed by atoms with E-state index in [1.807, 2.05) is 0 Å². The van der Waals surface area contributed by atoms with Crippen LogP contribution in [0.25, 0.3) is 0 Å². The van der Waals surface area contributed by atoms with E-state index in [1.165, 1.54) is 30.5 Å². The molecule has 0 aromatic heterocycles. The summed E-state index contributed by atoms with van der Waals surface area (Å²) in [6.45, 7) is 4.77. The molecule has 2 aromatic carbocycles. The highest BCUT2D eigenvalue weighted by Crippen LogP contribution is 2.15. The summed E-state index contributed by atoms with van der Waals surface area (Å²) in [6.07, 6.45) is 0.838. The molecule has 0 atom stereocenters. The third-order valence-corrected chi connectivity index (χ3v) is 4.12. The highest BCUT2D eigenvalue weighted by atomic mass is 16.6. The van der Waals surface area contributed by atoms with Crippen LogP contribution in [0.4, 0.5) is 4.79 Å². The molecule has 9 nitrogen and oxygen atoms in total. The molecule has 0 saturated heterocycles. The molecule has 0 aliphatic carbocycles. The van der Waals surface area contributed by atoms with Gasteiger partial charge in [0, 0.05) is 24.0 Å². The fourth-order valence-electron chi connectivity index (χ4n) is 2.61. The van der Waals surface area contributed by atoms with Crippen LogP contribution in [0.5, 0.6) is 5.75 Å². The van der Waals surface area contributed by atoms with Gasteiger partial charge in [-0.15, -0.1) is 0 Å². The predicted octanol–water partition coefficient (Wildman–Crippen LogP) is 3.85. The minimum Gasteiger partial charge on any atom is -0.482 e. The van der Waals surface area contributed by atoms with Gasteiger partial charge in [-0.3, -0.25) is 9.59 Å². The van der Waals surface area contributed by atoms with Crippen LogP contribution in [0, 0.1) is 0 Å². The van der Waals surface area contributed by atoms with Crippen molar-refractivity contribution in [2.45, 2.75) is 39.2 Å². The summed E-state index contributed by atoms with van der Waals surface area (Å²) in [7, 11) is 0. The Morgan fingerprint density at radius 3 is 1.91 bits per heavy atom. The largest absolute Gasteiger partial charge is 0.482 e. The Morgan fingerprint density at radius 2 is 1.42 bits per heavy atom. The number of carbonyl (C=O) groups is 4. The Bertz CT molecular complexity index is 1020. The molecule has 174 valence electrons. The smallest absolute Gasteiger partial charge is 0.428 e. The first-order valence-electron chi connectivity index (χ1n) is 10.2. The summed E-state index contributed by atoms with van der Waals surface area (Å²) in [5.74, 6) is -1.13. The van der Waals surface area contributed by atoms with Crippen molar-refractivity contribution in [3.63, 3.8) is 0 Å². The first-order valence-corrected chi connectivity index (χ1v) is 10.2. The maximum absolute atomic E-state index is 12.4. The van der Waals surface area contributed by atoms with Gasteiger partial charge in [-0.2, -0.15) is 5.10 Å². The number of carboxylic acid groups (broad SMARTS) is 1. The Morgan fingerprint density at radius 1 is 0.909 bits per heavy atom. The van der Waals surface area contributed by atoms with E-state index in [2.05, 4.69) is 10.5 Å². The number of hydrogen-bond acceptors (Lipinski definition) is 7. The molecule has 33 heavy (non-hydrogen) atoms. The summed E-state index contributed by atoms with van der Waals surface area (Å²) in [4.78, 5) is 46.8. The van der Waals surface area contributed by atoms with Crippen molar-refractivity contribution < 1.29 is 33.8 Å². The Labute approximate surface area is 191 Å². The first kappa shape index (κ1) is 25.3. The van der Waals surface area contributed by atoms with E-state index in [0.717, 1.165) is 0 Å². The van der Waals surface area contributed by atoms with E-state index in [4.69, 9.17) is 14.6 Å². The van der Waals surface area contributed by atoms with E-state index in [9.17, 15) is 19.2 Å². The number of ether oxygens (including phenoxy) is 2. The second-order valence-corrected chi connectivity index (χ2v) is 8.05. The maximum Gasteiger partial charge on any atom is 0.428 e. The third-order valence-electron chi connectivity index (χ3n) is 4.12. The zero-order chi connectivity index (χ0) is 24.4. The lowest BCUT2D eigenvalue weighted by Crippen LogP contribution is -2.29. The normalized spacial score (nSPS) is 11.1. The topological polar surface area (TPSA) is 131 Å². The van der Waals surface area contributed by atoms with E-state index in [-0.39, 0.29) is 24.4 Å². The standard InChI is InChI=1S/C24H26N2O7/c1-24(2,3)33-23(31)26-25-14-16-4-6-17(7-5-16)20(27)12-13-21(28)18-8-10-19(11-9-18)32-15-22(29)30/h4-11,14H,12-13,15H2,1-3H3,(H,26,31)(H,29,30). The lowest BCUT2D eigenvalue weighted by atomic mass is 10.0. The number of aliphatic carboxylic acids is 1. The van der Waals surface area contributed by atoms with Crippen molar-refractivity contribution in [2.75, 3.05) is 6.61 Å². The zero-order valence-corrected chi connectivity index (χ0v) is 18.7. The van der Waals surface area contributed by atoms with E-state index >= 15 is 0 Å². The number of carbonyl (C=O) groups excluding carboxylic acids is 3. The monoisotopic (exact) mass is 454 g/mol. The number of ketones is 2. The Balaban J connectivity index is 1.83. The van der Waals surface area contributed by atoms with Crippen LogP contribution < -0.4 is 10.2 Å². The van der Waals surface area contributed by atoms with Crippen molar-refractivity contribution in [2.24, 2.45) is 5.10 Å². The van der Waals surface area contributed by atoms with Crippen LogP contribution in [0.3, 0.4) is 0 Å². The molecule has 2 aromatic rings. The molecule has 2 N–H and O–H groups in total. The minimum atomic E-state index is -1.09. The molecule has 0 aliphatic rings. The van der Waals surface area contributed by atoms with E-state index in [1.54, 1.807) is 45.0 Å². The molecular weight excluding hydrogens is 428 g/mol. The Hall–Kier alpha value is -4.01. The molecule has 0 spiro atoms.